The normalized spacial score (nSPS) is 27.6. The molecule has 8 nitrogen and oxygen atoms in total. The molecule has 3 aromatic carbocycles. The maximum absolute atomic E-state index is 14.3. The van der Waals surface area contributed by atoms with Crippen LogP contribution in [0.25, 0.3) is 0 Å². The molecule has 8 heteroatoms. The first-order valence-corrected chi connectivity index (χ1v) is 13.6. The van der Waals surface area contributed by atoms with Crippen LogP contribution in [0, 0.1) is 18.8 Å². The molecular formula is C32H29N3O5. The standard InChI is InChI=1S/C32H29N3O5/c1-19-11-13-20(14-12-19)35-29(37)27-26-21-7-3-5-9-23(21)32(28(27)30(35)38,24-10-6-4-8-22(24)26)18-33-34-25(36)17-31(2)39-15-16-40-31/h3-14,18,26-28H,15-17H2,1-2H3,(H,34,36)/b33-18-/t26?,27-,28+,32?/m0/s1. The molecule has 202 valence electrons. The Morgan fingerprint density at radius 2 is 1.55 bits per heavy atom. The summed E-state index contributed by atoms with van der Waals surface area (Å²) in [6, 6.07) is 23.4. The van der Waals surface area contributed by atoms with Crippen molar-refractivity contribution in [2.45, 2.75) is 37.4 Å². The minimum atomic E-state index is -1.05. The van der Waals surface area contributed by atoms with Crippen molar-refractivity contribution in [2.75, 3.05) is 18.1 Å². The topological polar surface area (TPSA) is 97.3 Å². The van der Waals surface area contributed by atoms with Crippen LogP contribution in [0.15, 0.2) is 77.9 Å². The number of carbonyl (C=O) groups is 3. The molecule has 3 amide bonds. The minimum Gasteiger partial charge on any atom is -0.347 e. The molecule has 0 spiro atoms. The molecule has 2 heterocycles. The lowest BCUT2D eigenvalue weighted by molar-refractivity contribution is -0.159. The van der Waals surface area contributed by atoms with Crippen molar-refractivity contribution < 1.29 is 23.9 Å². The van der Waals surface area contributed by atoms with Gasteiger partial charge in [-0.3, -0.25) is 14.4 Å². The highest BCUT2D eigenvalue weighted by molar-refractivity contribution is 6.25. The molecule has 2 saturated heterocycles. The number of anilines is 1. The van der Waals surface area contributed by atoms with Crippen molar-refractivity contribution in [1.29, 1.82) is 0 Å². The number of benzene rings is 3. The summed E-state index contributed by atoms with van der Waals surface area (Å²) in [7, 11) is 0. The Bertz CT molecular complexity index is 1530. The summed E-state index contributed by atoms with van der Waals surface area (Å²) < 4.78 is 11.1. The van der Waals surface area contributed by atoms with Crippen molar-refractivity contribution in [3.8, 4) is 0 Å². The molecule has 2 fully saturated rings. The maximum Gasteiger partial charge on any atom is 0.245 e. The Hall–Kier alpha value is -4.14. The highest BCUT2D eigenvalue weighted by Gasteiger charge is 2.68. The Labute approximate surface area is 232 Å². The number of rotatable bonds is 5. The van der Waals surface area contributed by atoms with Gasteiger partial charge in [-0.05, 0) is 48.2 Å². The number of nitrogens with zero attached hydrogens (tertiary/aromatic N) is 2. The third-order valence-electron chi connectivity index (χ3n) is 8.81. The van der Waals surface area contributed by atoms with Crippen molar-refractivity contribution >= 4 is 29.6 Å². The summed E-state index contributed by atoms with van der Waals surface area (Å²) in [6.07, 6.45) is 1.65. The van der Waals surface area contributed by atoms with Gasteiger partial charge in [0, 0.05) is 12.1 Å². The molecule has 0 radical (unpaired) electrons. The van der Waals surface area contributed by atoms with Gasteiger partial charge in [0.25, 0.3) is 0 Å². The fraction of sp³-hybridized carbons (Fsp3) is 0.312. The third-order valence-corrected chi connectivity index (χ3v) is 8.81. The fourth-order valence-corrected chi connectivity index (χ4v) is 7.19. The van der Waals surface area contributed by atoms with Gasteiger partial charge in [0.1, 0.15) is 0 Å². The first-order chi connectivity index (χ1) is 19.3. The van der Waals surface area contributed by atoms with Gasteiger partial charge in [0.05, 0.1) is 42.6 Å². The monoisotopic (exact) mass is 535 g/mol. The van der Waals surface area contributed by atoms with Gasteiger partial charge >= 0.3 is 0 Å². The molecule has 40 heavy (non-hydrogen) atoms. The lowest BCUT2D eigenvalue weighted by Gasteiger charge is -2.52. The van der Waals surface area contributed by atoms with Crippen LogP contribution in [0.4, 0.5) is 5.69 Å². The predicted octanol–water partition coefficient (Wildman–Crippen LogP) is 3.80. The SMILES string of the molecule is Cc1ccc(N2C(=O)[C@H]3C4c5ccccc5C(/C=N\NC(=O)CC5(C)OCCO5)(c5ccccc54)[C@H]3C2=O)cc1. The van der Waals surface area contributed by atoms with E-state index in [4.69, 9.17) is 9.47 Å². The molecule has 0 aromatic heterocycles. The first-order valence-electron chi connectivity index (χ1n) is 13.6. The Kier molecular flexibility index (Phi) is 5.56. The minimum absolute atomic E-state index is 0.0166. The van der Waals surface area contributed by atoms with Gasteiger partial charge < -0.3 is 9.47 Å². The molecule has 3 aromatic rings. The first kappa shape index (κ1) is 24.9. The van der Waals surface area contributed by atoms with Gasteiger partial charge in [-0.2, -0.15) is 5.10 Å². The van der Waals surface area contributed by atoms with E-state index in [9.17, 15) is 14.4 Å². The zero-order valence-electron chi connectivity index (χ0n) is 22.3. The highest BCUT2D eigenvalue weighted by atomic mass is 16.7. The van der Waals surface area contributed by atoms with Gasteiger partial charge in [-0.1, -0.05) is 66.2 Å². The lowest BCUT2D eigenvalue weighted by Crippen LogP contribution is -2.54. The van der Waals surface area contributed by atoms with Gasteiger partial charge in [-0.15, -0.1) is 0 Å². The average Bonchev–Trinajstić information content (AvgIpc) is 3.50. The van der Waals surface area contributed by atoms with E-state index >= 15 is 0 Å². The maximum atomic E-state index is 14.3. The number of hydrogen-bond donors (Lipinski definition) is 1. The molecule has 1 N–H and O–H groups in total. The highest BCUT2D eigenvalue weighted by Crippen LogP contribution is 2.63. The second kappa shape index (κ2) is 8.94. The molecular weight excluding hydrogens is 506 g/mol. The molecule has 0 saturated carbocycles. The Morgan fingerprint density at radius 3 is 2.17 bits per heavy atom. The van der Waals surface area contributed by atoms with Crippen molar-refractivity contribution in [3.05, 3.63) is 101 Å². The molecule has 5 aliphatic rings. The molecule has 2 atom stereocenters. The van der Waals surface area contributed by atoms with Crippen LogP contribution in [0.1, 0.15) is 47.1 Å². The summed E-state index contributed by atoms with van der Waals surface area (Å²) in [5, 5.41) is 4.45. The molecule has 2 bridgehead atoms. The quantitative estimate of drug-likeness (QED) is 0.305. The van der Waals surface area contributed by atoms with Crippen molar-refractivity contribution in [2.24, 2.45) is 16.9 Å². The number of carbonyl (C=O) groups excluding carboxylic acids is 3. The van der Waals surface area contributed by atoms with Crippen LogP contribution in [-0.2, 0) is 29.3 Å². The summed E-state index contributed by atoms with van der Waals surface area (Å²) in [5.41, 5.74) is 7.07. The number of amides is 3. The van der Waals surface area contributed by atoms with Gasteiger partial charge in [0.15, 0.2) is 5.79 Å². The second-order valence-corrected chi connectivity index (χ2v) is 11.2. The van der Waals surface area contributed by atoms with Crippen molar-refractivity contribution in [3.63, 3.8) is 0 Å². The van der Waals surface area contributed by atoms with Crippen LogP contribution in [0.5, 0.6) is 0 Å². The zero-order chi connectivity index (χ0) is 27.6. The summed E-state index contributed by atoms with van der Waals surface area (Å²) in [5.74, 6) is -3.40. The number of hydrazone groups is 1. The van der Waals surface area contributed by atoms with E-state index in [1.54, 1.807) is 13.1 Å². The van der Waals surface area contributed by atoms with Crippen LogP contribution in [0.2, 0.25) is 0 Å². The number of hydrogen-bond acceptors (Lipinski definition) is 6. The predicted molar refractivity (Wildman–Crippen MR) is 148 cm³/mol. The van der Waals surface area contributed by atoms with Crippen LogP contribution < -0.4 is 10.3 Å². The van der Waals surface area contributed by atoms with E-state index < -0.39 is 23.0 Å². The van der Waals surface area contributed by atoms with E-state index in [1.807, 2.05) is 79.7 Å². The number of imide groups is 1. The van der Waals surface area contributed by atoms with Crippen LogP contribution >= 0.6 is 0 Å². The zero-order valence-corrected chi connectivity index (χ0v) is 22.3. The van der Waals surface area contributed by atoms with Gasteiger partial charge in [-0.25, -0.2) is 10.3 Å². The Balaban J connectivity index is 1.35. The average molecular weight is 536 g/mol. The molecule has 0 unspecified atom stereocenters. The van der Waals surface area contributed by atoms with Crippen molar-refractivity contribution in [1.82, 2.24) is 5.43 Å². The smallest absolute Gasteiger partial charge is 0.245 e. The largest absolute Gasteiger partial charge is 0.347 e. The lowest BCUT2D eigenvalue weighted by atomic mass is 9.47. The van der Waals surface area contributed by atoms with Gasteiger partial charge in [0.2, 0.25) is 17.7 Å². The third kappa shape index (κ3) is 3.46. The summed E-state index contributed by atoms with van der Waals surface area (Å²) >= 11 is 0. The van der Waals surface area contributed by atoms with E-state index in [1.165, 1.54) is 4.90 Å². The van der Waals surface area contributed by atoms with E-state index in [-0.39, 0.29) is 30.1 Å². The number of nitrogens with one attached hydrogen (secondary N) is 1. The number of ether oxygens (including phenoxy) is 2. The van der Waals surface area contributed by atoms with Crippen LogP contribution in [-0.4, -0.2) is 42.9 Å². The number of aryl methyl sites for hydroxylation is 1. The fourth-order valence-electron chi connectivity index (χ4n) is 7.19. The summed E-state index contributed by atoms with van der Waals surface area (Å²) in [6.45, 7) is 4.56. The molecule has 3 aliphatic carbocycles. The van der Waals surface area contributed by atoms with E-state index in [0.717, 1.165) is 27.8 Å². The van der Waals surface area contributed by atoms with E-state index in [2.05, 4.69) is 10.5 Å². The molecule has 2 aliphatic heterocycles. The Morgan fingerprint density at radius 1 is 0.950 bits per heavy atom. The van der Waals surface area contributed by atoms with Crippen LogP contribution in [0.3, 0.4) is 0 Å². The second-order valence-electron chi connectivity index (χ2n) is 11.2. The molecule has 8 rings (SSSR count). The van der Waals surface area contributed by atoms with E-state index in [0.29, 0.717) is 18.9 Å². The summed E-state index contributed by atoms with van der Waals surface area (Å²) in [4.78, 5) is 42.7.